The van der Waals surface area contributed by atoms with Crippen LogP contribution >= 0.6 is 0 Å². The number of Topliss-reactive ketones (excluding diaryl/α,β-unsaturated/α-hetero) is 1. The average Bonchev–Trinajstić information content (AvgIpc) is 2.75. The van der Waals surface area contributed by atoms with E-state index in [0.717, 1.165) is 30.5 Å². The number of hydrogen-bond donors (Lipinski definition) is 2. The predicted octanol–water partition coefficient (Wildman–Crippen LogP) is 3.79. The van der Waals surface area contributed by atoms with E-state index >= 15 is 0 Å². The lowest BCUT2D eigenvalue weighted by molar-refractivity contribution is -0.129. The van der Waals surface area contributed by atoms with Gasteiger partial charge in [0.25, 0.3) is 0 Å². The Kier molecular flexibility index (Phi) is 8.42. The summed E-state index contributed by atoms with van der Waals surface area (Å²) in [4.78, 5) is 27.6. The van der Waals surface area contributed by atoms with Crippen LogP contribution in [-0.4, -0.2) is 36.1 Å². The normalized spacial score (nSPS) is 10.4. The molecule has 0 saturated heterocycles. The van der Waals surface area contributed by atoms with Crippen molar-refractivity contribution in [2.75, 3.05) is 14.2 Å². The monoisotopic (exact) mass is 386 g/mol. The van der Waals surface area contributed by atoms with E-state index in [-0.39, 0.29) is 11.7 Å². The van der Waals surface area contributed by atoms with Crippen LogP contribution in [0.15, 0.2) is 36.5 Å². The second-order valence-electron chi connectivity index (χ2n) is 6.37. The quantitative estimate of drug-likeness (QED) is 0.264. The standard InChI is InChI=1S/C21H26N2O5/c1-27-19-12-10-15(13-20(19)28-2)17-11-9-16(14-22-17)18(24)7-5-3-4-6-8-21(25)23-26/h9-14,26H,3-8H2,1-2H3,(H,23,25). The SMILES string of the molecule is COc1ccc(-c2ccc(C(=O)CCCCCCC(=O)NO)cn2)cc1OC. The van der Waals surface area contributed by atoms with Crippen molar-refractivity contribution in [2.45, 2.75) is 38.5 Å². The number of nitrogens with zero attached hydrogens (tertiary/aromatic N) is 1. The highest BCUT2D eigenvalue weighted by atomic mass is 16.5. The Morgan fingerprint density at radius 3 is 2.29 bits per heavy atom. The van der Waals surface area contributed by atoms with Gasteiger partial charge in [0.05, 0.1) is 19.9 Å². The van der Waals surface area contributed by atoms with Gasteiger partial charge in [-0.1, -0.05) is 12.8 Å². The summed E-state index contributed by atoms with van der Waals surface area (Å²) in [6.45, 7) is 0. The molecule has 1 aromatic carbocycles. The molecule has 28 heavy (non-hydrogen) atoms. The number of ether oxygens (including phenoxy) is 2. The maximum absolute atomic E-state index is 12.3. The lowest BCUT2D eigenvalue weighted by Crippen LogP contribution is -2.17. The summed E-state index contributed by atoms with van der Waals surface area (Å²) in [5.74, 6) is 0.949. The van der Waals surface area contributed by atoms with E-state index in [1.165, 1.54) is 0 Å². The molecule has 1 heterocycles. The van der Waals surface area contributed by atoms with Crippen molar-refractivity contribution in [1.82, 2.24) is 10.5 Å². The summed E-state index contributed by atoms with van der Waals surface area (Å²) < 4.78 is 10.5. The number of benzene rings is 1. The molecule has 0 fully saturated rings. The van der Waals surface area contributed by atoms with Crippen molar-refractivity contribution >= 4 is 11.7 Å². The highest BCUT2D eigenvalue weighted by molar-refractivity contribution is 5.96. The largest absolute Gasteiger partial charge is 0.493 e. The Morgan fingerprint density at radius 1 is 0.964 bits per heavy atom. The van der Waals surface area contributed by atoms with E-state index in [4.69, 9.17) is 14.7 Å². The molecule has 7 nitrogen and oxygen atoms in total. The Morgan fingerprint density at radius 2 is 1.68 bits per heavy atom. The topological polar surface area (TPSA) is 97.8 Å². The summed E-state index contributed by atoms with van der Waals surface area (Å²) in [6, 6.07) is 9.16. The van der Waals surface area contributed by atoms with E-state index in [0.29, 0.717) is 36.3 Å². The Balaban J connectivity index is 1.86. The number of methoxy groups -OCH3 is 2. The first kappa shape index (κ1) is 21.4. The van der Waals surface area contributed by atoms with E-state index in [1.807, 2.05) is 24.3 Å². The van der Waals surface area contributed by atoms with Gasteiger partial charge in [0.2, 0.25) is 5.91 Å². The molecule has 0 unspecified atom stereocenters. The molecule has 0 aliphatic heterocycles. The number of amides is 1. The molecule has 0 aliphatic carbocycles. The van der Waals surface area contributed by atoms with Gasteiger partial charge in [0, 0.05) is 30.2 Å². The molecule has 0 saturated carbocycles. The zero-order valence-corrected chi connectivity index (χ0v) is 16.2. The van der Waals surface area contributed by atoms with E-state index in [1.54, 1.807) is 32.0 Å². The van der Waals surface area contributed by atoms with Crippen LogP contribution < -0.4 is 15.0 Å². The third-order valence-electron chi connectivity index (χ3n) is 4.45. The number of rotatable bonds is 11. The molecule has 150 valence electrons. The highest BCUT2D eigenvalue weighted by Crippen LogP contribution is 2.31. The third kappa shape index (κ3) is 6.06. The molecular weight excluding hydrogens is 360 g/mol. The van der Waals surface area contributed by atoms with Gasteiger partial charge in [0.15, 0.2) is 17.3 Å². The molecule has 1 amide bonds. The van der Waals surface area contributed by atoms with Gasteiger partial charge in [-0.3, -0.25) is 19.8 Å². The van der Waals surface area contributed by atoms with Crippen molar-refractivity contribution in [3.63, 3.8) is 0 Å². The van der Waals surface area contributed by atoms with Gasteiger partial charge in [-0.2, -0.15) is 0 Å². The minimum absolute atomic E-state index is 0.0551. The number of unbranched alkanes of at least 4 members (excludes halogenated alkanes) is 3. The summed E-state index contributed by atoms with van der Waals surface area (Å²) in [7, 11) is 3.17. The smallest absolute Gasteiger partial charge is 0.243 e. The van der Waals surface area contributed by atoms with Gasteiger partial charge in [0.1, 0.15) is 0 Å². The number of ketones is 1. The molecule has 0 aliphatic rings. The second-order valence-corrected chi connectivity index (χ2v) is 6.37. The average molecular weight is 386 g/mol. The third-order valence-corrected chi connectivity index (χ3v) is 4.45. The van der Waals surface area contributed by atoms with Gasteiger partial charge in [-0.25, -0.2) is 5.48 Å². The summed E-state index contributed by atoms with van der Waals surface area (Å²) in [5, 5.41) is 8.42. The summed E-state index contributed by atoms with van der Waals surface area (Å²) in [6.07, 6.45) is 5.51. The molecule has 0 radical (unpaired) electrons. The molecule has 0 atom stereocenters. The maximum Gasteiger partial charge on any atom is 0.243 e. The molecule has 0 bridgehead atoms. The summed E-state index contributed by atoms with van der Waals surface area (Å²) >= 11 is 0. The number of hydrogen-bond acceptors (Lipinski definition) is 6. The zero-order chi connectivity index (χ0) is 20.4. The lowest BCUT2D eigenvalue weighted by atomic mass is 10.0. The first-order valence-corrected chi connectivity index (χ1v) is 9.23. The number of aromatic nitrogens is 1. The van der Waals surface area contributed by atoms with Crippen LogP contribution in [0.4, 0.5) is 0 Å². The Labute approximate surface area is 164 Å². The fourth-order valence-corrected chi connectivity index (χ4v) is 2.85. The number of nitrogens with one attached hydrogen (secondary N) is 1. The van der Waals surface area contributed by atoms with E-state index in [2.05, 4.69) is 4.98 Å². The first-order chi connectivity index (χ1) is 13.6. The van der Waals surface area contributed by atoms with Crippen LogP contribution in [0.25, 0.3) is 11.3 Å². The van der Waals surface area contributed by atoms with Gasteiger partial charge >= 0.3 is 0 Å². The van der Waals surface area contributed by atoms with Crippen LogP contribution in [0.1, 0.15) is 48.9 Å². The Hall–Kier alpha value is -2.93. The zero-order valence-electron chi connectivity index (χ0n) is 16.2. The molecule has 2 aromatic rings. The van der Waals surface area contributed by atoms with Crippen molar-refractivity contribution in [1.29, 1.82) is 0 Å². The Bertz CT molecular complexity index is 790. The van der Waals surface area contributed by atoms with Crippen LogP contribution in [-0.2, 0) is 4.79 Å². The minimum Gasteiger partial charge on any atom is -0.493 e. The summed E-state index contributed by atoms with van der Waals surface area (Å²) in [5.41, 5.74) is 3.83. The molecule has 7 heteroatoms. The maximum atomic E-state index is 12.3. The van der Waals surface area contributed by atoms with Crippen molar-refractivity contribution < 1.29 is 24.3 Å². The highest BCUT2D eigenvalue weighted by Gasteiger charge is 2.10. The van der Waals surface area contributed by atoms with Crippen molar-refractivity contribution in [3.05, 3.63) is 42.1 Å². The van der Waals surface area contributed by atoms with Crippen LogP contribution in [0.2, 0.25) is 0 Å². The van der Waals surface area contributed by atoms with Gasteiger partial charge in [-0.15, -0.1) is 0 Å². The van der Waals surface area contributed by atoms with Crippen molar-refractivity contribution in [2.24, 2.45) is 0 Å². The molecule has 1 aromatic heterocycles. The van der Waals surface area contributed by atoms with E-state index in [9.17, 15) is 9.59 Å². The molecule has 2 rings (SSSR count). The van der Waals surface area contributed by atoms with Crippen LogP contribution in [0.5, 0.6) is 11.5 Å². The van der Waals surface area contributed by atoms with Crippen LogP contribution in [0, 0.1) is 0 Å². The molecule has 2 N–H and O–H groups in total. The fraction of sp³-hybridized carbons (Fsp3) is 0.381. The second kappa shape index (κ2) is 11.0. The minimum atomic E-state index is -0.378. The van der Waals surface area contributed by atoms with Crippen LogP contribution in [0.3, 0.4) is 0 Å². The lowest BCUT2D eigenvalue weighted by Gasteiger charge is -2.09. The molecular formula is C21H26N2O5. The van der Waals surface area contributed by atoms with Gasteiger partial charge < -0.3 is 9.47 Å². The number of carbonyl (C=O) groups excluding carboxylic acids is 2. The first-order valence-electron chi connectivity index (χ1n) is 9.23. The molecule has 0 spiro atoms. The van der Waals surface area contributed by atoms with E-state index < -0.39 is 0 Å². The van der Waals surface area contributed by atoms with Gasteiger partial charge in [-0.05, 0) is 43.2 Å². The number of carbonyl (C=O) groups is 2. The number of hydroxylamine groups is 1. The van der Waals surface area contributed by atoms with Crippen molar-refractivity contribution in [3.8, 4) is 22.8 Å². The predicted molar refractivity (Wildman–Crippen MR) is 105 cm³/mol. The fourth-order valence-electron chi connectivity index (χ4n) is 2.85. The number of pyridine rings is 1.